The fourth-order valence-electron chi connectivity index (χ4n) is 5.01. The summed E-state index contributed by atoms with van der Waals surface area (Å²) in [5, 5.41) is 6.77. The molecule has 0 aromatic heterocycles. The average Bonchev–Trinajstić information content (AvgIpc) is 2.96. The second-order valence-electron chi connectivity index (χ2n) is 10.4. The minimum atomic E-state index is -0.432. The Labute approximate surface area is 251 Å². The Morgan fingerprint density at radius 2 is 1.88 bits per heavy atom. The summed E-state index contributed by atoms with van der Waals surface area (Å²) in [7, 11) is 0. The standard InChI is InChI=1S/C30H38Cl2N4O5/c1-21(37)33-11-5-8-28(38)41-20-23-18-22-9-10-24(19-26(22)34-30(23)39)40-17-3-2-12-35-13-15-36(16-14-35)27-7-4-6-25(31)29(27)32/h4,6-7,9-10,19,23H,2-3,5,8,11-18,20H2,1H3,(H,33,37)(H,34,39). The first-order valence-corrected chi connectivity index (χ1v) is 14.9. The third-order valence-corrected chi connectivity index (χ3v) is 8.14. The van der Waals surface area contributed by atoms with E-state index < -0.39 is 5.92 Å². The number of ether oxygens (including phenoxy) is 2. The molecule has 41 heavy (non-hydrogen) atoms. The molecule has 2 N–H and O–H groups in total. The van der Waals surface area contributed by atoms with Gasteiger partial charge in [-0.3, -0.25) is 19.3 Å². The van der Waals surface area contributed by atoms with Crippen LogP contribution in [0.25, 0.3) is 0 Å². The molecule has 0 saturated carbocycles. The Morgan fingerprint density at radius 1 is 1.07 bits per heavy atom. The smallest absolute Gasteiger partial charge is 0.305 e. The molecule has 11 heteroatoms. The third kappa shape index (κ3) is 9.24. The molecule has 9 nitrogen and oxygen atoms in total. The molecule has 2 heterocycles. The number of hydrogen-bond acceptors (Lipinski definition) is 7. The van der Waals surface area contributed by atoms with Crippen molar-refractivity contribution in [2.45, 2.75) is 39.0 Å². The molecule has 2 amide bonds. The lowest BCUT2D eigenvalue weighted by Gasteiger charge is -2.36. The number of hydrogen-bond donors (Lipinski definition) is 2. The Kier molecular flexibility index (Phi) is 11.5. The van der Waals surface area contributed by atoms with Gasteiger partial charge in [0.15, 0.2) is 0 Å². The number of esters is 1. The van der Waals surface area contributed by atoms with Gasteiger partial charge in [-0.15, -0.1) is 0 Å². The minimum absolute atomic E-state index is 0.0336. The number of amides is 2. The molecule has 2 aliphatic rings. The minimum Gasteiger partial charge on any atom is -0.494 e. The number of carbonyl (C=O) groups is 3. The molecule has 4 rings (SSSR count). The summed E-state index contributed by atoms with van der Waals surface area (Å²) >= 11 is 12.6. The largest absolute Gasteiger partial charge is 0.494 e. The van der Waals surface area contributed by atoms with Gasteiger partial charge in [-0.1, -0.05) is 35.3 Å². The molecule has 0 radical (unpaired) electrons. The number of rotatable bonds is 13. The van der Waals surface area contributed by atoms with Gasteiger partial charge in [0.05, 0.1) is 28.3 Å². The van der Waals surface area contributed by atoms with Gasteiger partial charge in [0.25, 0.3) is 0 Å². The van der Waals surface area contributed by atoms with Crippen molar-refractivity contribution in [3.8, 4) is 5.75 Å². The van der Waals surface area contributed by atoms with Crippen LogP contribution in [0.5, 0.6) is 5.75 Å². The summed E-state index contributed by atoms with van der Waals surface area (Å²) in [6, 6.07) is 11.5. The Morgan fingerprint density at radius 3 is 2.66 bits per heavy atom. The third-order valence-electron chi connectivity index (χ3n) is 7.34. The zero-order chi connectivity index (χ0) is 29.2. The SMILES string of the molecule is CC(=O)NCCCC(=O)OCC1Cc2ccc(OCCCCN3CCN(c4cccc(Cl)c4Cl)CC3)cc2NC1=O. The average molecular weight is 606 g/mol. The number of carbonyl (C=O) groups excluding carboxylic acids is 3. The zero-order valence-electron chi connectivity index (χ0n) is 23.4. The number of halogens is 2. The van der Waals surface area contributed by atoms with Crippen LogP contribution in [0.15, 0.2) is 36.4 Å². The maximum Gasteiger partial charge on any atom is 0.305 e. The molecule has 1 unspecified atom stereocenters. The molecular weight excluding hydrogens is 567 g/mol. The highest BCUT2D eigenvalue weighted by molar-refractivity contribution is 6.43. The highest BCUT2D eigenvalue weighted by Crippen LogP contribution is 2.33. The number of nitrogens with zero attached hydrogens (tertiary/aromatic N) is 2. The number of anilines is 2. The normalized spacial score (nSPS) is 17.0. The van der Waals surface area contributed by atoms with Gasteiger partial charge in [0.1, 0.15) is 12.4 Å². The second-order valence-corrected chi connectivity index (χ2v) is 11.2. The molecule has 0 bridgehead atoms. The van der Waals surface area contributed by atoms with Gasteiger partial charge in [0, 0.05) is 57.8 Å². The van der Waals surface area contributed by atoms with Gasteiger partial charge in [-0.2, -0.15) is 0 Å². The predicted molar refractivity (Wildman–Crippen MR) is 161 cm³/mol. The molecule has 222 valence electrons. The monoisotopic (exact) mass is 604 g/mol. The molecular formula is C30H38Cl2N4O5. The lowest BCUT2D eigenvalue weighted by atomic mass is 9.93. The van der Waals surface area contributed by atoms with Crippen LogP contribution in [-0.2, 0) is 25.5 Å². The van der Waals surface area contributed by atoms with Gasteiger partial charge in [0.2, 0.25) is 11.8 Å². The molecule has 2 aliphatic heterocycles. The van der Waals surface area contributed by atoms with E-state index in [0.717, 1.165) is 68.3 Å². The van der Waals surface area contributed by atoms with E-state index in [9.17, 15) is 14.4 Å². The molecule has 1 fully saturated rings. The molecule has 2 aromatic rings. The van der Waals surface area contributed by atoms with Crippen molar-refractivity contribution < 1.29 is 23.9 Å². The first-order chi connectivity index (χ1) is 19.8. The summed E-state index contributed by atoms with van der Waals surface area (Å²) < 4.78 is 11.3. The van der Waals surface area contributed by atoms with Crippen molar-refractivity contribution in [2.24, 2.45) is 5.92 Å². The van der Waals surface area contributed by atoms with Crippen LogP contribution in [-0.4, -0.2) is 75.2 Å². The Balaban J connectivity index is 1.12. The number of unbranched alkanes of at least 4 members (excludes halogenated alkanes) is 1. The van der Waals surface area contributed by atoms with Crippen LogP contribution in [0.2, 0.25) is 10.0 Å². The first kappa shape index (κ1) is 30.9. The van der Waals surface area contributed by atoms with E-state index in [1.165, 1.54) is 6.92 Å². The predicted octanol–water partition coefficient (Wildman–Crippen LogP) is 4.54. The van der Waals surface area contributed by atoms with Gasteiger partial charge in [-0.05, 0) is 56.0 Å². The zero-order valence-corrected chi connectivity index (χ0v) is 24.9. The number of nitrogens with one attached hydrogen (secondary N) is 2. The van der Waals surface area contributed by atoms with E-state index >= 15 is 0 Å². The number of fused-ring (bicyclic) bond motifs is 1. The van der Waals surface area contributed by atoms with Crippen LogP contribution in [0.4, 0.5) is 11.4 Å². The Hall–Kier alpha value is -3.01. The summed E-state index contributed by atoms with van der Waals surface area (Å²) in [4.78, 5) is 40.2. The van der Waals surface area contributed by atoms with Crippen LogP contribution < -0.4 is 20.3 Å². The maximum atomic E-state index is 12.6. The van der Waals surface area contributed by atoms with Crippen molar-refractivity contribution in [3.05, 3.63) is 52.0 Å². The molecule has 0 spiro atoms. The van der Waals surface area contributed by atoms with E-state index in [-0.39, 0.29) is 30.8 Å². The quantitative estimate of drug-likeness (QED) is 0.256. The summed E-state index contributed by atoms with van der Waals surface area (Å²) in [5.74, 6) is -0.383. The van der Waals surface area contributed by atoms with Crippen molar-refractivity contribution in [1.82, 2.24) is 10.2 Å². The van der Waals surface area contributed by atoms with Crippen LogP contribution in [0, 0.1) is 5.92 Å². The van der Waals surface area contributed by atoms with Gasteiger partial charge >= 0.3 is 5.97 Å². The van der Waals surface area contributed by atoms with E-state index in [1.807, 2.05) is 36.4 Å². The first-order valence-electron chi connectivity index (χ1n) is 14.2. The summed E-state index contributed by atoms with van der Waals surface area (Å²) in [5.41, 5.74) is 2.73. The topological polar surface area (TPSA) is 100 Å². The molecule has 0 aliphatic carbocycles. The summed E-state index contributed by atoms with van der Waals surface area (Å²) in [6.45, 7) is 7.30. The van der Waals surface area contributed by atoms with Crippen molar-refractivity contribution in [1.29, 1.82) is 0 Å². The van der Waals surface area contributed by atoms with Crippen LogP contribution in [0.3, 0.4) is 0 Å². The fourth-order valence-corrected chi connectivity index (χ4v) is 5.42. The van der Waals surface area contributed by atoms with E-state index in [2.05, 4.69) is 20.4 Å². The van der Waals surface area contributed by atoms with Crippen LogP contribution in [0.1, 0.15) is 38.2 Å². The molecule has 1 atom stereocenters. The number of benzene rings is 2. The van der Waals surface area contributed by atoms with Crippen molar-refractivity contribution in [3.63, 3.8) is 0 Å². The van der Waals surface area contributed by atoms with Crippen molar-refractivity contribution >= 4 is 52.4 Å². The van der Waals surface area contributed by atoms with E-state index in [1.54, 1.807) is 0 Å². The maximum absolute atomic E-state index is 12.6. The van der Waals surface area contributed by atoms with Crippen LogP contribution >= 0.6 is 23.2 Å². The van der Waals surface area contributed by atoms with Gasteiger partial charge < -0.3 is 25.0 Å². The van der Waals surface area contributed by atoms with E-state index in [0.29, 0.717) is 36.0 Å². The highest BCUT2D eigenvalue weighted by Gasteiger charge is 2.28. The fraction of sp³-hybridized carbons (Fsp3) is 0.500. The molecule has 2 aromatic carbocycles. The Bertz CT molecular complexity index is 1220. The van der Waals surface area contributed by atoms with Crippen molar-refractivity contribution in [2.75, 3.05) is 62.7 Å². The highest BCUT2D eigenvalue weighted by atomic mass is 35.5. The lowest BCUT2D eigenvalue weighted by Crippen LogP contribution is -2.46. The molecule has 1 saturated heterocycles. The lowest BCUT2D eigenvalue weighted by molar-refractivity contribution is -0.146. The van der Waals surface area contributed by atoms with E-state index in [4.69, 9.17) is 32.7 Å². The summed E-state index contributed by atoms with van der Waals surface area (Å²) in [6.07, 6.45) is 3.16. The number of piperazine rings is 1. The van der Waals surface area contributed by atoms with Gasteiger partial charge in [-0.25, -0.2) is 0 Å². The second kappa shape index (κ2) is 15.3.